The van der Waals surface area contributed by atoms with Crippen LogP contribution in [0.2, 0.25) is 0 Å². The van der Waals surface area contributed by atoms with Crippen molar-refractivity contribution in [2.24, 2.45) is 0 Å². The molecule has 0 bridgehead atoms. The summed E-state index contributed by atoms with van der Waals surface area (Å²) in [6.07, 6.45) is -4.88. The van der Waals surface area contributed by atoms with Crippen LogP contribution in [0, 0.1) is 0 Å². The monoisotopic (exact) mass is 234 g/mol. The van der Waals surface area contributed by atoms with Gasteiger partial charge in [-0.1, -0.05) is 0 Å². The van der Waals surface area contributed by atoms with Crippen molar-refractivity contribution in [2.75, 3.05) is 6.61 Å². The van der Waals surface area contributed by atoms with Crippen LogP contribution in [0.25, 0.3) is 0 Å². The van der Waals surface area contributed by atoms with Crippen LogP contribution in [0.1, 0.15) is 0 Å². The number of hydrogen-bond acceptors (Lipinski definition) is 6. The van der Waals surface area contributed by atoms with Crippen molar-refractivity contribution < 1.29 is 45.8 Å². The predicted octanol–water partition coefficient (Wildman–Crippen LogP) is -3.54. The minimum absolute atomic E-state index is 0.297. The molecule has 1 unspecified atom stereocenters. The van der Waals surface area contributed by atoms with E-state index in [2.05, 4.69) is 20.3 Å². The standard InChI is InChI=1S/C6H10O6.Fe/c7-2-6(11)5(10)4(9)3(8)1-12-6;/h3-5,7-11H,2H2;/q;+1/t3?,4-,5+,6+;/m1./s1. The molecule has 0 aromatic carbocycles. The van der Waals surface area contributed by atoms with Crippen molar-refractivity contribution >= 4 is 4.60 Å². The molecule has 0 radical (unpaired) electrons. The molecule has 7 heteroatoms. The second-order valence-corrected chi connectivity index (χ2v) is 3.32. The summed E-state index contributed by atoms with van der Waals surface area (Å²) >= 11 is 3.21. The second kappa shape index (κ2) is 3.72. The van der Waals surface area contributed by atoms with Gasteiger partial charge in [0.1, 0.15) is 0 Å². The van der Waals surface area contributed by atoms with Crippen molar-refractivity contribution in [1.29, 1.82) is 0 Å². The fourth-order valence-electron chi connectivity index (χ4n) is 0.981. The van der Waals surface area contributed by atoms with Gasteiger partial charge in [-0.25, -0.2) is 0 Å². The molecule has 1 aliphatic rings. The molecule has 0 aromatic heterocycles. The third-order valence-electron chi connectivity index (χ3n) is 1.83. The molecule has 0 saturated carbocycles. The van der Waals surface area contributed by atoms with E-state index in [0.29, 0.717) is 0 Å². The molecule has 0 amide bonds. The molecule has 1 heterocycles. The maximum atomic E-state index is 9.35. The first kappa shape index (κ1) is 11.2. The average Bonchev–Trinajstić information content (AvgIpc) is 2.12. The van der Waals surface area contributed by atoms with Crippen LogP contribution in [0.5, 0.6) is 0 Å². The van der Waals surface area contributed by atoms with E-state index in [1.807, 2.05) is 0 Å². The number of aliphatic hydroxyl groups excluding tert-OH is 4. The first-order valence-corrected chi connectivity index (χ1v) is 4.05. The Balaban J connectivity index is 2.88. The zero-order valence-electron chi connectivity index (χ0n) is 6.44. The Morgan fingerprint density at radius 2 is 1.92 bits per heavy atom. The van der Waals surface area contributed by atoms with Crippen LogP contribution >= 0.6 is 0 Å². The van der Waals surface area contributed by atoms with E-state index in [9.17, 15) is 15.3 Å². The summed E-state index contributed by atoms with van der Waals surface area (Å²) in [4.78, 5) is 0. The quantitative estimate of drug-likeness (QED) is 0.300. The number of aliphatic hydroxyl groups is 5. The molecule has 77 valence electrons. The molecule has 0 aliphatic carbocycles. The van der Waals surface area contributed by atoms with Gasteiger partial charge in [0.05, 0.1) is 0 Å². The molecule has 1 fully saturated rings. The van der Waals surface area contributed by atoms with E-state index < -0.39 is 30.7 Å². The molecule has 5 N–H and O–H groups in total. The van der Waals surface area contributed by atoms with Gasteiger partial charge in [-0.2, -0.15) is 0 Å². The van der Waals surface area contributed by atoms with Crippen LogP contribution in [-0.2, 0) is 20.3 Å². The minimum atomic E-state index is -2.30. The number of ether oxygens (including phenoxy) is 1. The van der Waals surface area contributed by atoms with Crippen molar-refractivity contribution in [3.05, 3.63) is 0 Å². The molecule has 1 saturated heterocycles. The van der Waals surface area contributed by atoms with Crippen molar-refractivity contribution in [3.63, 3.8) is 0 Å². The summed E-state index contributed by atoms with van der Waals surface area (Å²) < 4.78 is 4.27. The number of rotatable bonds is 1. The summed E-state index contributed by atoms with van der Waals surface area (Å²) in [5, 5.41) is 45.5. The summed E-state index contributed by atoms with van der Waals surface area (Å²) in [5.41, 5.74) is 0. The van der Waals surface area contributed by atoms with Gasteiger partial charge in [0.15, 0.2) is 0 Å². The summed E-state index contributed by atoms with van der Waals surface area (Å²) in [5.74, 6) is -2.30. The molecule has 0 spiro atoms. The van der Waals surface area contributed by atoms with Crippen molar-refractivity contribution in [2.45, 2.75) is 24.1 Å². The zero-order valence-corrected chi connectivity index (χ0v) is 7.54. The Hall–Kier alpha value is 0.149. The average molecular weight is 234 g/mol. The van der Waals surface area contributed by atoms with E-state index >= 15 is 0 Å². The first-order valence-electron chi connectivity index (χ1n) is 3.50. The van der Waals surface area contributed by atoms with Gasteiger partial charge in [-0.15, -0.1) is 0 Å². The number of hydrogen-bond donors (Lipinski definition) is 5. The SMILES string of the molecule is OC[C@]1(O)O[C](=[Fe+])C(O)[C@@H](O)[C@@H]1O. The fourth-order valence-corrected chi connectivity index (χ4v) is 1.36. The van der Waals surface area contributed by atoms with E-state index in [-0.39, 0.29) is 4.60 Å². The van der Waals surface area contributed by atoms with E-state index in [0.717, 1.165) is 0 Å². The molecule has 0 aromatic rings. The molecular weight excluding hydrogens is 224 g/mol. The topological polar surface area (TPSA) is 110 Å². The molecule has 1 aliphatic heterocycles. The molecule has 4 atom stereocenters. The van der Waals surface area contributed by atoms with Crippen LogP contribution in [0.3, 0.4) is 0 Å². The van der Waals surface area contributed by atoms with E-state index in [4.69, 9.17) is 10.2 Å². The van der Waals surface area contributed by atoms with Crippen molar-refractivity contribution in [1.82, 2.24) is 0 Å². The summed E-state index contributed by atoms with van der Waals surface area (Å²) in [6, 6.07) is 0. The van der Waals surface area contributed by atoms with E-state index in [1.54, 1.807) is 0 Å². The first-order chi connectivity index (χ1) is 5.92. The molecule has 1 rings (SSSR count). The van der Waals surface area contributed by atoms with Gasteiger partial charge in [0, 0.05) is 0 Å². The van der Waals surface area contributed by atoms with Gasteiger partial charge >= 0.3 is 81.2 Å². The third kappa shape index (κ3) is 1.83. The van der Waals surface area contributed by atoms with Gasteiger partial charge in [-0.05, 0) is 0 Å². The normalized spacial score (nSPS) is 46.5. The van der Waals surface area contributed by atoms with Crippen LogP contribution in [-0.4, -0.2) is 60.8 Å². The summed E-state index contributed by atoms with van der Waals surface area (Å²) in [6.45, 7) is -0.906. The third-order valence-corrected chi connectivity index (χ3v) is 2.27. The Kier molecular flexibility index (Phi) is 3.21. The van der Waals surface area contributed by atoms with E-state index in [1.165, 1.54) is 0 Å². The predicted molar refractivity (Wildman–Crippen MR) is 36.1 cm³/mol. The fraction of sp³-hybridized carbons (Fsp3) is 0.833. The zero-order chi connectivity index (χ0) is 10.2. The molecule has 6 nitrogen and oxygen atoms in total. The van der Waals surface area contributed by atoms with Gasteiger partial charge in [0.25, 0.3) is 0 Å². The van der Waals surface area contributed by atoms with Gasteiger partial charge in [0.2, 0.25) is 0 Å². The Bertz CT molecular complexity index is 221. The van der Waals surface area contributed by atoms with Gasteiger partial charge < -0.3 is 0 Å². The maximum absolute atomic E-state index is 9.35. The second-order valence-electron chi connectivity index (χ2n) is 2.78. The molecule has 13 heavy (non-hydrogen) atoms. The van der Waals surface area contributed by atoms with Crippen LogP contribution in [0.15, 0.2) is 0 Å². The summed E-state index contributed by atoms with van der Waals surface area (Å²) in [7, 11) is 0. The molecular formula is C6H10FeO6+. The Labute approximate surface area is 81.7 Å². The van der Waals surface area contributed by atoms with Crippen LogP contribution < -0.4 is 0 Å². The van der Waals surface area contributed by atoms with Crippen LogP contribution in [0.4, 0.5) is 0 Å². The Morgan fingerprint density at radius 3 is 2.38 bits per heavy atom. The van der Waals surface area contributed by atoms with Crippen molar-refractivity contribution in [3.8, 4) is 0 Å². The van der Waals surface area contributed by atoms with Gasteiger partial charge in [-0.3, -0.25) is 0 Å². The Morgan fingerprint density at radius 1 is 1.38 bits per heavy atom.